The lowest BCUT2D eigenvalue weighted by Gasteiger charge is -2.19. The molecule has 0 aliphatic heterocycles. The van der Waals surface area contributed by atoms with Crippen molar-refractivity contribution in [2.75, 3.05) is 13.7 Å². The van der Waals surface area contributed by atoms with E-state index in [2.05, 4.69) is 30.3 Å². The predicted molar refractivity (Wildman–Crippen MR) is 76.8 cm³/mol. The van der Waals surface area contributed by atoms with Crippen molar-refractivity contribution in [3.63, 3.8) is 0 Å². The zero-order chi connectivity index (χ0) is 13.2. The van der Waals surface area contributed by atoms with E-state index in [4.69, 9.17) is 11.2 Å². The number of nitrogens with one attached hydrogen (secondary N) is 1. The van der Waals surface area contributed by atoms with Gasteiger partial charge >= 0.3 is 0 Å². The molecule has 0 heterocycles. The van der Waals surface area contributed by atoms with Crippen molar-refractivity contribution in [2.45, 2.75) is 38.6 Å². The predicted octanol–water partition coefficient (Wildman–Crippen LogP) is 3.02. The Morgan fingerprint density at radius 1 is 1.39 bits per heavy atom. The van der Waals surface area contributed by atoms with Gasteiger partial charge in [0.15, 0.2) is 0 Å². The van der Waals surface area contributed by atoms with Gasteiger partial charge in [-0.2, -0.15) is 0 Å². The fourth-order valence-electron chi connectivity index (χ4n) is 2.15. The molecule has 18 heavy (non-hydrogen) atoms. The molecule has 1 rings (SSSR count). The number of terminal acetylenes is 1. The van der Waals surface area contributed by atoms with E-state index >= 15 is 0 Å². The van der Waals surface area contributed by atoms with E-state index in [-0.39, 0.29) is 0 Å². The molecule has 1 atom stereocenters. The second-order valence-electron chi connectivity index (χ2n) is 4.37. The number of hydrogen-bond acceptors (Lipinski definition) is 2. The second kappa shape index (κ2) is 8.60. The number of hydrogen-bond donors (Lipinski definition) is 1. The molecule has 0 aromatic heterocycles. The van der Waals surface area contributed by atoms with Crippen molar-refractivity contribution in [1.82, 2.24) is 5.32 Å². The highest BCUT2D eigenvalue weighted by Crippen LogP contribution is 2.20. The zero-order valence-corrected chi connectivity index (χ0v) is 11.4. The van der Waals surface area contributed by atoms with E-state index in [9.17, 15) is 0 Å². The van der Waals surface area contributed by atoms with Crippen molar-refractivity contribution >= 4 is 0 Å². The molecule has 0 spiro atoms. The minimum Gasteiger partial charge on any atom is -0.496 e. The van der Waals surface area contributed by atoms with Gasteiger partial charge in [-0.3, -0.25) is 0 Å². The Bertz CT molecular complexity index is 381. The van der Waals surface area contributed by atoms with Crippen LogP contribution in [0, 0.1) is 12.3 Å². The van der Waals surface area contributed by atoms with Crippen LogP contribution < -0.4 is 10.1 Å². The van der Waals surface area contributed by atoms with Gasteiger partial charge in [0, 0.05) is 12.5 Å². The summed E-state index contributed by atoms with van der Waals surface area (Å²) in [6.45, 7) is 3.12. The van der Waals surface area contributed by atoms with E-state index in [1.807, 2.05) is 12.1 Å². The number of likely N-dealkylation sites (N-methyl/N-ethyl adjacent to an activating group) is 1. The molecule has 0 bridgehead atoms. The molecule has 0 saturated heterocycles. The van der Waals surface area contributed by atoms with Crippen LogP contribution in [0.3, 0.4) is 0 Å². The molecule has 1 N–H and O–H groups in total. The third-order valence-electron chi connectivity index (χ3n) is 3.03. The number of ether oxygens (including phenoxy) is 1. The van der Waals surface area contributed by atoms with E-state index in [1.165, 1.54) is 5.56 Å². The lowest BCUT2D eigenvalue weighted by atomic mass is 10.00. The maximum atomic E-state index is 5.39. The van der Waals surface area contributed by atoms with Gasteiger partial charge in [0.2, 0.25) is 0 Å². The second-order valence-corrected chi connectivity index (χ2v) is 4.37. The summed E-state index contributed by atoms with van der Waals surface area (Å²) in [7, 11) is 1.72. The first-order valence-corrected chi connectivity index (χ1v) is 6.60. The number of para-hydroxylation sites is 1. The monoisotopic (exact) mass is 245 g/mol. The van der Waals surface area contributed by atoms with Gasteiger partial charge in [-0.1, -0.05) is 25.1 Å². The van der Waals surface area contributed by atoms with Crippen LogP contribution in [0.4, 0.5) is 0 Å². The first-order valence-electron chi connectivity index (χ1n) is 6.60. The maximum absolute atomic E-state index is 5.39. The summed E-state index contributed by atoms with van der Waals surface area (Å²) in [6.07, 6.45) is 9.32. The standard InChI is InChI=1S/C16H23NO/c1-4-6-7-11-15(17-5-2)13-14-10-8-9-12-16(14)18-3/h1,8-10,12,15,17H,5-7,11,13H2,2-3H3. The highest BCUT2D eigenvalue weighted by atomic mass is 16.5. The summed E-state index contributed by atoms with van der Waals surface area (Å²) in [5.74, 6) is 3.67. The average Bonchev–Trinajstić information content (AvgIpc) is 2.40. The van der Waals surface area contributed by atoms with Gasteiger partial charge in [0.1, 0.15) is 5.75 Å². The molecule has 0 fully saturated rings. The lowest BCUT2D eigenvalue weighted by molar-refractivity contribution is 0.402. The summed E-state index contributed by atoms with van der Waals surface area (Å²) in [4.78, 5) is 0. The van der Waals surface area contributed by atoms with Gasteiger partial charge in [0.25, 0.3) is 0 Å². The van der Waals surface area contributed by atoms with Crippen LogP contribution in [0.25, 0.3) is 0 Å². The molecular weight excluding hydrogens is 222 g/mol. The fourth-order valence-corrected chi connectivity index (χ4v) is 2.15. The molecule has 1 unspecified atom stereocenters. The summed E-state index contributed by atoms with van der Waals surface area (Å²) in [5.41, 5.74) is 1.26. The topological polar surface area (TPSA) is 21.3 Å². The number of benzene rings is 1. The fraction of sp³-hybridized carbons (Fsp3) is 0.500. The van der Waals surface area contributed by atoms with Crippen LogP contribution in [0.2, 0.25) is 0 Å². The molecule has 0 radical (unpaired) electrons. The lowest BCUT2D eigenvalue weighted by Crippen LogP contribution is -2.31. The summed E-state index contributed by atoms with van der Waals surface area (Å²) in [5, 5.41) is 3.52. The zero-order valence-electron chi connectivity index (χ0n) is 11.4. The first kappa shape index (κ1) is 14.6. The van der Waals surface area contributed by atoms with E-state index < -0.39 is 0 Å². The number of rotatable bonds is 8. The Kier molecular flexibility index (Phi) is 6.98. The molecule has 0 saturated carbocycles. The normalized spacial score (nSPS) is 11.8. The van der Waals surface area contributed by atoms with Crippen molar-refractivity contribution in [3.05, 3.63) is 29.8 Å². The SMILES string of the molecule is C#CCCCC(Cc1ccccc1OC)NCC. The minimum atomic E-state index is 0.472. The van der Waals surface area contributed by atoms with Gasteiger partial charge in [-0.15, -0.1) is 12.3 Å². The van der Waals surface area contributed by atoms with Gasteiger partial charge in [-0.05, 0) is 37.4 Å². The first-order chi connectivity index (χ1) is 8.81. The van der Waals surface area contributed by atoms with Crippen LogP contribution in [0.15, 0.2) is 24.3 Å². The quantitative estimate of drug-likeness (QED) is 0.561. The summed E-state index contributed by atoms with van der Waals surface area (Å²) in [6, 6.07) is 8.68. The summed E-state index contributed by atoms with van der Waals surface area (Å²) >= 11 is 0. The number of methoxy groups -OCH3 is 1. The van der Waals surface area contributed by atoms with Gasteiger partial charge in [0.05, 0.1) is 7.11 Å². The molecule has 2 nitrogen and oxygen atoms in total. The minimum absolute atomic E-state index is 0.472. The van der Waals surface area contributed by atoms with Gasteiger partial charge < -0.3 is 10.1 Å². The van der Waals surface area contributed by atoms with Crippen LogP contribution >= 0.6 is 0 Å². The summed E-state index contributed by atoms with van der Waals surface area (Å²) < 4.78 is 5.39. The molecule has 2 heteroatoms. The highest BCUT2D eigenvalue weighted by molar-refractivity contribution is 5.33. The molecule has 98 valence electrons. The Morgan fingerprint density at radius 2 is 2.17 bits per heavy atom. The van der Waals surface area contributed by atoms with Crippen LogP contribution in [0.1, 0.15) is 31.7 Å². The van der Waals surface area contributed by atoms with E-state index in [0.717, 1.165) is 38.0 Å². The molecule has 0 aliphatic rings. The Hall–Kier alpha value is -1.46. The van der Waals surface area contributed by atoms with Gasteiger partial charge in [-0.25, -0.2) is 0 Å². The largest absolute Gasteiger partial charge is 0.496 e. The Balaban J connectivity index is 2.61. The van der Waals surface area contributed by atoms with Crippen LogP contribution in [-0.2, 0) is 6.42 Å². The van der Waals surface area contributed by atoms with Crippen molar-refractivity contribution in [2.24, 2.45) is 0 Å². The average molecular weight is 245 g/mol. The molecule has 0 amide bonds. The van der Waals surface area contributed by atoms with Crippen LogP contribution in [-0.4, -0.2) is 19.7 Å². The third-order valence-corrected chi connectivity index (χ3v) is 3.03. The molecular formula is C16H23NO. The van der Waals surface area contributed by atoms with E-state index in [0.29, 0.717) is 6.04 Å². The van der Waals surface area contributed by atoms with Crippen molar-refractivity contribution in [1.29, 1.82) is 0 Å². The Labute approximate surface area is 111 Å². The molecule has 0 aliphatic carbocycles. The third kappa shape index (κ3) is 4.81. The molecule has 1 aromatic carbocycles. The number of unbranched alkanes of at least 4 members (excludes halogenated alkanes) is 1. The highest BCUT2D eigenvalue weighted by Gasteiger charge is 2.10. The van der Waals surface area contributed by atoms with E-state index in [1.54, 1.807) is 7.11 Å². The van der Waals surface area contributed by atoms with Crippen LogP contribution in [0.5, 0.6) is 5.75 Å². The smallest absolute Gasteiger partial charge is 0.122 e. The molecule has 1 aromatic rings. The van der Waals surface area contributed by atoms with Crippen molar-refractivity contribution in [3.8, 4) is 18.1 Å². The maximum Gasteiger partial charge on any atom is 0.122 e. The Morgan fingerprint density at radius 3 is 2.83 bits per heavy atom. The van der Waals surface area contributed by atoms with Crippen molar-refractivity contribution < 1.29 is 4.74 Å².